The van der Waals surface area contributed by atoms with Gasteiger partial charge >= 0.3 is 0 Å². The maximum absolute atomic E-state index is 15.6. The van der Waals surface area contributed by atoms with Gasteiger partial charge in [-0.2, -0.15) is 0 Å². The van der Waals surface area contributed by atoms with E-state index >= 15 is 4.39 Å². The van der Waals surface area contributed by atoms with E-state index in [1.807, 2.05) is 38.3 Å². The molecule has 286 valence electrons. The van der Waals surface area contributed by atoms with Gasteiger partial charge in [0.1, 0.15) is 10.5 Å². The summed E-state index contributed by atoms with van der Waals surface area (Å²) in [6, 6.07) is 11.1. The minimum Gasteiger partial charge on any atom is -0.485 e. The summed E-state index contributed by atoms with van der Waals surface area (Å²) in [7, 11) is -4.14. The fourth-order valence-electron chi connectivity index (χ4n) is 8.82. The molecule has 9 nitrogen and oxygen atoms in total. The summed E-state index contributed by atoms with van der Waals surface area (Å²) in [4.78, 5) is 15.5. The Balaban J connectivity index is 1.19. The van der Waals surface area contributed by atoms with Crippen LogP contribution in [-0.2, 0) is 9.84 Å². The molecule has 3 aliphatic rings. The van der Waals surface area contributed by atoms with E-state index in [4.69, 9.17) is 4.74 Å². The molecule has 12 heteroatoms. The van der Waals surface area contributed by atoms with Gasteiger partial charge < -0.3 is 19.6 Å². The van der Waals surface area contributed by atoms with Gasteiger partial charge in [0, 0.05) is 74.4 Å². The van der Waals surface area contributed by atoms with E-state index in [0.717, 1.165) is 93.6 Å². The first-order valence-electron chi connectivity index (χ1n) is 18.9. The highest BCUT2D eigenvalue weighted by Gasteiger charge is 2.35. The van der Waals surface area contributed by atoms with Gasteiger partial charge in [0.15, 0.2) is 11.6 Å². The topological polar surface area (TPSA) is 89.5 Å². The minimum atomic E-state index is -4.14. The van der Waals surface area contributed by atoms with Gasteiger partial charge in [-0.25, -0.2) is 12.8 Å². The number of pyridine rings is 1. The van der Waals surface area contributed by atoms with Crippen LogP contribution in [0.25, 0.3) is 10.9 Å². The Kier molecular flexibility index (Phi) is 12.1. The minimum absolute atomic E-state index is 0.0256. The van der Waals surface area contributed by atoms with Crippen LogP contribution in [0.15, 0.2) is 57.3 Å². The van der Waals surface area contributed by atoms with Crippen LogP contribution >= 0.6 is 11.8 Å². The molecule has 0 radical (unpaired) electrons. The smallest absolute Gasteiger partial charge is 0.210 e. The van der Waals surface area contributed by atoms with Gasteiger partial charge in [0.2, 0.25) is 9.84 Å². The molecule has 0 amide bonds. The molecule has 0 spiro atoms. The first-order valence-corrected chi connectivity index (χ1v) is 21.6. The van der Waals surface area contributed by atoms with E-state index < -0.39 is 21.3 Å². The van der Waals surface area contributed by atoms with Gasteiger partial charge in [-0.15, -0.1) is 11.8 Å². The van der Waals surface area contributed by atoms with Crippen molar-refractivity contribution in [2.45, 2.75) is 99.1 Å². The normalized spacial score (nSPS) is 19.8. The van der Waals surface area contributed by atoms with Crippen LogP contribution in [0.5, 0.6) is 5.75 Å². The molecule has 3 fully saturated rings. The molecular weight excluding hydrogens is 698 g/mol. The van der Waals surface area contributed by atoms with Crippen molar-refractivity contribution in [1.82, 2.24) is 19.7 Å². The number of benzene rings is 2. The number of piperidine rings is 2. The Labute approximate surface area is 314 Å². The van der Waals surface area contributed by atoms with Crippen molar-refractivity contribution in [1.29, 1.82) is 0 Å². The number of fused-ring (bicyclic) bond motifs is 1. The highest BCUT2D eigenvalue weighted by Crippen LogP contribution is 2.40. The average Bonchev–Trinajstić information content (AvgIpc) is 3.11. The fourth-order valence-corrected chi connectivity index (χ4v) is 10.7. The molecule has 2 aromatic carbocycles. The van der Waals surface area contributed by atoms with Crippen LogP contribution in [0.3, 0.4) is 0 Å². The molecule has 3 aliphatic heterocycles. The van der Waals surface area contributed by atoms with E-state index in [-0.39, 0.29) is 27.6 Å². The van der Waals surface area contributed by atoms with Crippen LogP contribution in [0.1, 0.15) is 66.7 Å². The number of rotatable bonds is 11. The first kappa shape index (κ1) is 39.2. The number of likely N-dealkylation sites (tertiary alicyclic amines) is 1. The predicted molar refractivity (Wildman–Crippen MR) is 209 cm³/mol. The van der Waals surface area contributed by atoms with Gasteiger partial charge in [0.25, 0.3) is 0 Å². The standard InChI is InChI=1S/C40H58FN5O4S2/c1-39(2,3)28-40(4,5)50-36-10-8-32(26-34(36)41)52(48,49)37-27-42-35-9-7-31(51-6)25-33(35)38(37)46-17-13-29(14-18-46)44-15-11-30(12-16-44)45-21-19-43(20-22-45)23-24-47/h7-10,25-27,29-30,47H,11-24,28H2,1-6H3. The summed E-state index contributed by atoms with van der Waals surface area (Å²) in [5.41, 5.74) is 0.736. The number of halogens is 1. The van der Waals surface area contributed by atoms with E-state index in [9.17, 15) is 13.5 Å². The average molecular weight is 756 g/mol. The number of aliphatic hydroxyl groups is 1. The van der Waals surface area contributed by atoms with Crippen molar-refractivity contribution in [2.75, 3.05) is 76.7 Å². The molecule has 0 unspecified atom stereocenters. The van der Waals surface area contributed by atoms with E-state index in [2.05, 4.69) is 45.4 Å². The molecule has 6 rings (SSSR count). The number of sulfone groups is 1. The SMILES string of the molecule is CSc1ccc2ncc(S(=O)(=O)c3ccc(OC(C)(C)CC(C)(C)C)c(F)c3)c(N3CCC(N4CCC(N5CCN(CCO)CC5)CC4)CC3)c2c1. The molecule has 0 bridgehead atoms. The first-order chi connectivity index (χ1) is 24.7. The lowest BCUT2D eigenvalue weighted by molar-refractivity contribution is 0.0396. The van der Waals surface area contributed by atoms with Crippen LogP contribution in [0.4, 0.5) is 10.1 Å². The van der Waals surface area contributed by atoms with Gasteiger partial charge in [0.05, 0.1) is 22.7 Å². The van der Waals surface area contributed by atoms with Gasteiger partial charge in [-0.1, -0.05) is 20.8 Å². The van der Waals surface area contributed by atoms with E-state index in [1.54, 1.807) is 11.8 Å². The van der Waals surface area contributed by atoms with Crippen molar-refractivity contribution >= 4 is 38.2 Å². The molecule has 3 aromatic rings. The second-order valence-corrected chi connectivity index (χ2v) is 19.4. The number of β-amino-alcohol motifs (C(OH)–C–C–N with tert-alkyl or cyclic N) is 1. The Bertz CT molecular complexity index is 1790. The summed E-state index contributed by atoms with van der Waals surface area (Å²) >= 11 is 1.61. The zero-order valence-corrected chi connectivity index (χ0v) is 33.5. The summed E-state index contributed by atoms with van der Waals surface area (Å²) in [6.07, 6.45) is 8.40. The fraction of sp³-hybridized carbons (Fsp3) is 0.625. The molecule has 0 saturated carbocycles. The molecule has 0 atom stereocenters. The number of ether oxygens (including phenoxy) is 1. The number of aliphatic hydroxyl groups excluding tert-OH is 1. The van der Waals surface area contributed by atoms with Gasteiger partial charge in [-0.05, 0) is 107 Å². The number of nitrogens with zero attached hydrogens (tertiary/aromatic N) is 5. The van der Waals surface area contributed by atoms with Crippen LogP contribution in [0, 0.1) is 11.2 Å². The largest absolute Gasteiger partial charge is 0.485 e. The maximum atomic E-state index is 15.6. The Morgan fingerprint density at radius 1 is 0.885 bits per heavy atom. The molecule has 3 saturated heterocycles. The highest BCUT2D eigenvalue weighted by atomic mass is 32.2. The molecular formula is C40H58FN5O4S2. The molecule has 4 heterocycles. The lowest BCUT2D eigenvalue weighted by Crippen LogP contribution is -2.55. The maximum Gasteiger partial charge on any atom is 0.210 e. The van der Waals surface area contributed by atoms with Crippen LogP contribution in [0.2, 0.25) is 0 Å². The number of anilines is 1. The molecule has 1 N–H and O–H groups in total. The molecule has 1 aromatic heterocycles. The predicted octanol–water partition coefficient (Wildman–Crippen LogP) is 6.57. The Morgan fingerprint density at radius 3 is 2.12 bits per heavy atom. The third-order valence-electron chi connectivity index (χ3n) is 11.0. The number of piperazine rings is 1. The van der Waals surface area contributed by atoms with Crippen molar-refractivity contribution < 1.29 is 22.7 Å². The summed E-state index contributed by atoms with van der Waals surface area (Å²) in [5, 5.41) is 10.1. The van der Waals surface area contributed by atoms with Crippen molar-refractivity contribution in [3.63, 3.8) is 0 Å². The van der Waals surface area contributed by atoms with Crippen molar-refractivity contribution in [2.24, 2.45) is 5.41 Å². The second kappa shape index (κ2) is 16.1. The number of hydrogen-bond donors (Lipinski definition) is 1. The monoisotopic (exact) mass is 755 g/mol. The van der Waals surface area contributed by atoms with Crippen LogP contribution < -0.4 is 9.64 Å². The number of thioether (sulfide) groups is 1. The van der Waals surface area contributed by atoms with Crippen molar-refractivity contribution in [3.05, 3.63) is 48.4 Å². The van der Waals surface area contributed by atoms with E-state index in [1.165, 1.54) is 31.2 Å². The number of aromatic nitrogens is 1. The van der Waals surface area contributed by atoms with Crippen LogP contribution in [-0.4, -0.2) is 123 Å². The quantitative estimate of drug-likeness (QED) is 0.217. The summed E-state index contributed by atoms with van der Waals surface area (Å²) in [5.74, 6) is -0.655. The second-order valence-electron chi connectivity index (χ2n) is 16.6. The van der Waals surface area contributed by atoms with E-state index in [0.29, 0.717) is 24.2 Å². The van der Waals surface area contributed by atoms with Gasteiger partial charge in [-0.3, -0.25) is 14.8 Å². The summed E-state index contributed by atoms with van der Waals surface area (Å²) in [6.45, 7) is 19.0. The third-order valence-corrected chi connectivity index (χ3v) is 13.5. The lowest BCUT2D eigenvalue weighted by Gasteiger charge is -2.46. The zero-order chi connectivity index (χ0) is 37.3. The Morgan fingerprint density at radius 2 is 1.52 bits per heavy atom. The molecule has 52 heavy (non-hydrogen) atoms. The Hall–Kier alpha value is -2.48. The highest BCUT2D eigenvalue weighted by molar-refractivity contribution is 7.98. The summed E-state index contributed by atoms with van der Waals surface area (Å²) < 4.78 is 50.6. The molecule has 0 aliphatic carbocycles. The lowest BCUT2D eigenvalue weighted by atomic mass is 9.83. The number of hydrogen-bond acceptors (Lipinski definition) is 10. The third kappa shape index (κ3) is 9.06. The van der Waals surface area contributed by atoms with Crippen molar-refractivity contribution in [3.8, 4) is 5.75 Å². The zero-order valence-electron chi connectivity index (χ0n) is 31.9.